The summed E-state index contributed by atoms with van der Waals surface area (Å²) in [5.74, 6) is 0.139. The van der Waals surface area contributed by atoms with E-state index in [0.717, 1.165) is 23.7 Å². The monoisotopic (exact) mass is 348 g/mol. The quantitative estimate of drug-likeness (QED) is 0.915. The van der Waals surface area contributed by atoms with Crippen LogP contribution in [0, 0.1) is 13.8 Å². The van der Waals surface area contributed by atoms with E-state index in [9.17, 15) is 4.79 Å². The molecule has 0 saturated carbocycles. The van der Waals surface area contributed by atoms with Gasteiger partial charge < -0.3 is 10.2 Å². The highest BCUT2D eigenvalue weighted by Gasteiger charge is 2.21. The van der Waals surface area contributed by atoms with Crippen LogP contribution in [0.4, 0.5) is 5.69 Å². The molecule has 0 aromatic heterocycles. The third-order valence-corrected chi connectivity index (χ3v) is 5.04. The number of rotatable bonds is 3. The van der Waals surface area contributed by atoms with Gasteiger partial charge >= 0.3 is 0 Å². The first-order valence-electron chi connectivity index (χ1n) is 7.50. The third kappa shape index (κ3) is 4.08. The first-order valence-corrected chi connectivity index (χ1v) is 8.32. The van der Waals surface area contributed by atoms with Crippen molar-refractivity contribution in [3.05, 3.63) is 53.6 Å². The lowest BCUT2D eigenvalue weighted by Gasteiger charge is -2.29. The molecule has 0 atom stereocenters. The van der Waals surface area contributed by atoms with E-state index in [4.69, 9.17) is 0 Å². The van der Waals surface area contributed by atoms with E-state index in [0.29, 0.717) is 6.54 Å². The van der Waals surface area contributed by atoms with E-state index in [1.54, 1.807) is 11.8 Å². The van der Waals surface area contributed by atoms with Gasteiger partial charge in [0.05, 0.1) is 12.2 Å². The fourth-order valence-corrected chi connectivity index (χ4v) is 3.68. The predicted octanol–water partition coefficient (Wildman–Crippen LogP) is 3.81. The Hall–Kier alpha value is -1.49. The lowest BCUT2D eigenvalue weighted by atomic mass is 10.2. The second-order valence-corrected chi connectivity index (χ2v) is 6.64. The molecule has 1 N–H and O–H groups in total. The molecule has 0 aliphatic carbocycles. The van der Waals surface area contributed by atoms with E-state index in [2.05, 4.69) is 43.4 Å². The van der Waals surface area contributed by atoms with Crippen molar-refractivity contribution in [2.45, 2.75) is 23.6 Å². The minimum absolute atomic E-state index is 0. The fourth-order valence-electron chi connectivity index (χ4n) is 2.66. The molecule has 1 saturated heterocycles. The van der Waals surface area contributed by atoms with Crippen LogP contribution in [0.15, 0.2) is 52.3 Å². The number of piperazine rings is 1. The van der Waals surface area contributed by atoms with Crippen LogP contribution in [-0.2, 0) is 4.79 Å². The highest BCUT2D eigenvalue weighted by atomic mass is 35.5. The maximum atomic E-state index is 12.2. The number of benzene rings is 2. The first-order chi connectivity index (χ1) is 10.6. The van der Waals surface area contributed by atoms with Crippen molar-refractivity contribution in [2.75, 3.05) is 24.5 Å². The first kappa shape index (κ1) is 17.9. The number of aryl methyl sites for hydroxylation is 2. The smallest absolute Gasteiger partial charge is 0.241 e. The highest BCUT2D eigenvalue weighted by molar-refractivity contribution is 7.99. The number of amides is 1. The lowest BCUT2D eigenvalue weighted by Crippen LogP contribution is -2.48. The van der Waals surface area contributed by atoms with E-state index in [1.165, 1.54) is 16.0 Å². The zero-order chi connectivity index (χ0) is 15.5. The number of hydrogen-bond donors (Lipinski definition) is 1. The van der Waals surface area contributed by atoms with E-state index >= 15 is 0 Å². The number of nitrogens with one attached hydrogen (secondary N) is 1. The number of carbonyl (C=O) groups excluding carboxylic acids is 1. The van der Waals surface area contributed by atoms with Crippen LogP contribution in [0.1, 0.15) is 11.1 Å². The number of nitrogens with zero attached hydrogens (tertiary/aromatic N) is 1. The summed E-state index contributed by atoms with van der Waals surface area (Å²) in [5, 5.41) is 3.12. The number of carbonyl (C=O) groups is 1. The van der Waals surface area contributed by atoms with Crippen molar-refractivity contribution in [1.29, 1.82) is 0 Å². The average molecular weight is 349 g/mol. The topological polar surface area (TPSA) is 32.3 Å². The average Bonchev–Trinajstić information content (AvgIpc) is 2.51. The SMILES string of the molecule is Cc1ccc(Sc2ccccc2N2CCNCC2=O)c(C)c1.Cl. The number of para-hydroxylation sites is 1. The van der Waals surface area contributed by atoms with Gasteiger partial charge in [-0.05, 0) is 37.6 Å². The standard InChI is InChI=1S/C18H20N2OS.ClH/c1-13-7-8-16(14(2)11-13)22-17-6-4-3-5-15(17)20-10-9-19-12-18(20)21;/h3-8,11,19H,9-10,12H2,1-2H3;1H. The minimum Gasteiger partial charge on any atom is -0.309 e. The summed E-state index contributed by atoms with van der Waals surface area (Å²) < 4.78 is 0. The van der Waals surface area contributed by atoms with Gasteiger partial charge in [-0.3, -0.25) is 4.79 Å². The van der Waals surface area contributed by atoms with Gasteiger partial charge in [-0.25, -0.2) is 0 Å². The molecular weight excluding hydrogens is 328 g/mol. The normalized spacial score (nSPS) is 14.5. The van der Waals surface area contributed by atoms with Gasteiger partial charge in [0.25, 0.3) is 0 Å². The maximum Gasteiger partial charge on any atom is 0.241 e. The lowest BCUT2D eigenvalue weighted by molar-refractivity contribution is -0.118. The van der Waals surface area contributed by atoms with Crippen molar-refractivity contribution in [2.24, 2.45) is 0 Å². The van der Waals surface area contributed by atoms with E-state index in [-0.39, 0.29) is 18.3 Å². The van der Waals surface area contributed by atoms with E-state index in [1.807, 2.05) is 23.1 Å². The Morgan fingerprint density at radius 3 is 2.61 bits per heavy atom. The summed E-state index contributed by atoms with van der Waals surface area (Å²) in [5.41, 5.74) is 3.55. The maximum absolute atomic E-state index is 12.2. The van der Waals surface area contributed by atoms with Crippen LogP contribution in [0.3, 0.4) is 0 Å². The molecule has 0 spiro atoms. The Balaban J connectivity index is 0.00000192. The van der Waals surface area contributed by atoms with Crippen LogP contribution in [-0.4, -0.2) is 25.5 Å². The van der Waals surface area contributed by atoms with Crippen molar-refractivity contribution in [1.82, 2.24) is 5.32 Å². The Kier molecular flexibility index (Phi) is 6.10. The molecule has 2 aromatic rings. The van der Waals surface area contributed by atoms with Crippen LogP contribution in [0.2, 0.25) is 0 Å². The van der Waals surface area contributed by atoms with Crippen LogP contribution < -0.4 is 10.2 Å². The zero-order valence-corrected chi connectivity index (χ0v) is 15.0. The molecule has 122 valence electrons. The van der Waals surface area contributed by atoms with Gasteiger partial charge in [0.15, 0.2) is 0 Å². The molecule has 1 aliphatic rings. The van der Waals surface area contributed by atoms with Gasteiger partial charge in [-0.2, -0.15) is 0 Å². The fraction of sp³-hybridized carbons (Fsp3) is 0.278. The molecule has 1 heterocycles. The predicted molar refractivity (Wildman–Crippen MR) is 99.0 cm³/mol. The van der Waals surface area contributed by atoms with Crippen molar-refractivity contribution < 1.29 is 4.79 Å². The van der Waals surface area contributed by atoms with E-state index < -0.39 is 0 Å². The second kappa shape index (κ2) is 7.86. The minimum atomic E-state index is 0. The Morgan fingerprint density at radius 1 is 1.09 bits per heavy atom. The summed E-state index contributed by atoms with van der Waals surface area (Å²) in [7, 11) is 0. The van der Waals surface area contributed by atoms with Crippen molar-refractivity contribution in [3.8, 4) is 0 Å². The van der Waals surface area contributed by atoms with Gasteiger partial charge in [0.2, 0.25) is 5.91 Å². The highest BCUT2D eigenvalue weighted by Crippen LogP contribution is 2.37. The summed E-state index contributed by atoms with van der Waals surface area (Å²) in [6.45, 7) is 6.23. The third-order valence-electron chi connectivity index (χ3n) is 3.80. The summed E-state index contributed by atoms with van der Waals surface area (Å²) in [6.07, 6.45) is 0. The summed E-state index contributed by atoms with van der Waals surface area (Å²) >= 11 is 1.73. The molecule has 0 unspecified atom stereocenters. The van der Waals surface area contributed by atoms with Gasteiger partial charge in [0, 0.05) is 22.9 Å². The van der Waals surface area contributed by atoms with Crippen molar-refractivity contribution in [3.63, 3.8) is 0 Å². The molecule has 3 rings (SSSR count). The van der Waals surface area contributed by atoms with Crippen LogP contribution in [0.25, 0.3) is 0 Å². The summed E-state index contributed by atoms with van der Waals surface area (Å²) in [4.78, 5) is 16.4. The molecule has 5 heteroatoms. The number of hydrogen-bond acceptors (Lipinski definition) is 3. The molecule has 23 heavy (non-hydrogen) atoms. The molecule has 2 aromatic carbocycles. The molecule has 1 aliphatic heterocycles. The molecule has 0 radical (unpaired) electrons. The molecule has 3 nitrogen and oxygen atoms in total. The Bertz CT molecular complexity index is 705. The van der Waals surface area contributed by atoms with Gasteiger partial charge in [0.1, 0.15) is 0 Å². The number of halogens is 1. The van der Waals surface area contributed by atoms with Gasteiger partial charge in [-0.1, -0.05) is 41.6 Å². The zero-order valence-electron chi connectivity index (χ0n) is 13.3. The van der Waals surface area contributed by atoms with Gasteiger partial charge in [-0.15, -0.1) is 12.4 Å². The second-order valence-electron chi connectivity index (χ2n) is 5.56. The Morgan fingerprint density at radius 2 is 1.87 bits per heavy atom. The summed E-state index contributed by atoms with van der Waals surface area (Å²) in [6, 6.07) is 14.6. The number of anilines is 1. The van der Waals surface area contributed by atoms with Crippen molar-refractivity contribution >= 4 is 35.8 Å². The molecule has 1 amide bonds. The largest absolute Gasteiger partial charge is 0.309 e. The van der Waals surface area contributed by atoms with Crippen LogP contribution in [0.5, 0.6) is 0 Å². The molecule has 1 fully saturated rings. The van der Waals surface area contributed by atoms with Crippen LogP contribution >= 0.6 is 24.2 Å². The molecular formula is C18H21ClN2OS. The molecule has 0 bridgehead atoms. The Labute approximate surface area is 147 Å².